The molecule has 0 aliphatic carbocycles. The third-order valence-electron chi connectivity index (χ3n) is 3.57. The summed E-state index contributed by atoms with van der Waals surface area (Å²) >= 11 is 5.83. The van der Waals surface area contributed by atoms with Crippen molar-refractivity contribution in [2.75, 3.05) is 18.5 Å². The Balaban J connectivity index is 1.81. The Kier molecular flexibility index (Phi) is 3.59. The maximum absolute atomic E-state index is 11.7. The average Bonchev–Trinajstić information content (AvgIpc) is 2.97. The summed E-state index contributed by atoms with van der Waals surface area (Å²) in [4.78, 5) is 23.4. The van der Waals surface area contributed by atoms with Gasteiger partial charge in [-0.25, -0.2) is 0 Å². The van der Waals surface area contributed by atoms with Crippen LogP contribution in [0.25, 0.3) is 11.1 Å². The van der Waals surface area contributed by atoms with E-state index in [1.807, 2.05) is 0 Å². The van der Waals surface area contributed by atoms with Gasteiger partial charge >= 0.3 is 0 Å². The highest BCUT2D eigenvalue weighted by molar-refractivity contribution is 6.30. The number of halogens is 1. The molecule has 0 bridgehead atoms. The smallest absolute Gasteiger partial charge is 0.250 e. The zero-order valence-corrected chi connectivity index (χ0v) is 11.6. The minimum Gasteiger partial charge on any atom is -0.379 e. The fourth-order valence-corrected chi connectivity index (χ4v) is 2.60. The van der Waals surface area contributed by atoms with Crippen molar-refractivity contribution in [3.63, 3.8) is 0 Å². The lowest BCUT2D eigenvalue weighted by Gasteiger charge is -2.16. The highest BCUT2D eigenvalue weighted by Crippen LogP contribution is 2.25. The van der Waals surface area contributed by atoms with E-state index in [9.17, 15) is 9.59 Å². The summed E-state index contributed by atoms with van der Waals surface area (Å²) in [5, 5.41) is 3.65. The first kappa shape index (κ1) is 13.3. The molecular formula is C15H14ClNO3. The molecule has 0 amide bonds. The molecule has 4 nitrogen and oxygen atoms in total. The van der Waals surface area contributed by atoms with Crippen molar-refractivity contribution in [3.8, 4) is 11.1 Å². The maximum atomic E-state index is 11.7. The molecule has 3 rings (SSSR count). The monoisotopic (exact) mass is 291 g/mol. The zero-order chi connectivity index (χ0) is 14.1. The van der Waals surface area contributed by atoms with Crippen LogP contribution in [-0.4, -0.2) is 19.3 Å². The van der Waals surface area contributed by atoms with E-state index in [1.165, 1.54) is 0 Å². The molecule has 1 fully saturated rings. The van der Waals surface area contributed by atoms with Gasteiger partial charge < -0.3 is 10.1 Å². The SMILES string of the molecule is O=c1c(NC[C@H]2CCCO2)c(-c2ccc(Cl)cc2)c1=O. The van der Waals surface area contributed by atoms with E-state index in [1.54, 1.807) is 24.3 Å². The quantitative estimate of drug-likeness (QED) is 0.878. The molecular weight excluding hydrogens is 278 g/mol. The number of ether oxygens (including phenoxy) is 1. The third kappa shape index (κ3) is 2.37. The average molecular weight is 292 g/mol. The highest BCUT2D eigenvalue weighted by Gasteiger charge is 2.23. The summed E-state index contributed by atoms with van der Waals surface area (Å²) < 4.78 is 5.49. The van der Waals surface area contributed by atoms with Crippen LogP contribution in [0.5, 0.6) is 0 Å². The van der Waals surface area contributed by atoms with Crippen molar-refractivity contribution >= 4 is 17.3 Å². The van der Waals surface area contributed by atoms with Crippen molar-refractivity contribution in [1.29, 1.82) is 0 Å². The topological polar surface area (TPSA) is 55.4 Å². The second kappa shape index (κ2) is 5.38. The second-order valence-electron chi connectivity index (χ2n) is 4.93. The Labute approximate surface area is 121 Å². The zero-order valence-electron chi connectivity index (χ0n) is 10.8. The molecule has 2 aromatic rings. The van der Waals surface area contributed by atoms with E-state index < -0.39 is 10.9 Å². The Bertz CT molecular complexity index is 680. The molecule has 1 aliphatic rings. The van der Waals surface area contributed by atoms with Gasteiger partial charge in [-0.15, -0.1) is 0 Å². The fraction of sp³-hybridized carbons (Fsp3) is 0.333. The van der Waals surface area contributed by atoms with E-state index >= 15 is 0 Å². The Morgan fingerprint density at radius 3 is 2.60 bits per heavy atom. The third-order valence-corrected chi connectivity index (χ3v) is 3.83. The second-order valence-corrected chi connectivity index (χ2v) is 5.37. The Morgan fingerprint density at radius 2 is 1.95 bits per heavy atom. The Morgan fingerprint density at radius 1 is 1.20 bits per heavy atom. The first-order chi connectivity index (χ1) is 9.66. The van der Waals surface area contributed by atoms with Gasteiger partial charge in [0, 0.05) is 18.2 Å². The number of rotatable bonds is 4. The van der Waals surface area contributed by atoms with E-state index in [0.717, 1.165) is 19.4 Å². The minimum atomic E-state index is -0.451. The van der Waals surface area contributed by atoms with Crippen LogP contribution in [0.3, 0.4) is 0 Å². The van der Waals surface area contributed by atoms with Gasteiger partial charge in [0.05, 0.1) is 17.4 Å². The molecule has 5 heteroatoms. The molecule has 0 spiro atoms. The molecule has 0 radical (unpaired) electrons. The molecule has 0 aromatic heterocycles. The summed E-state index contributed by atoms with van der Waals surface area (Å²) in [6, 6.07) is 6.90. The number of anilines is 1. The van der Waals surface area contributed by atoms with Crippen molar-refractivity contribution in [1.82, 2.24) is 0 Å². The first-order valence-electron chi connectivity index (χ1n) is 6.61. The largest absolute Gasteiger partial charge is 0.379 e. The lowest BCUT2D eigenvalue weighted by molar-refractivity contribution is 0.120. The van der Waals surface area contributed by atoms with Gasteiger partial charge in [-0.3, -0.25) is 9.59 Å². The highest BCUT2D eigenvalue weighted by atomic mass is 35.5. The van der Waals surface area contributed by atoms with Crippen LogP contribution in [0, 0.1) is 0 Å². The van der Waals surface area contributed by atoms with Crippen LogP contribution < -0.4 is 16.2 Å². The van der Waals surface area contributed by atoms with Crippen LogP contribution in [0.4, 0.5) is 5.69 Å². The normalized spacial score (nSPS) is 18.6. The van der Waals surface area contributed by atoms with Gasteiger partial charge in [0.15, 0.2) is 0 Å². The van der Waals surface area contributed by atoms with Gasteiger partial charge in [-0.05, 0) is 30.5 Å². The molecule has 20 heavy (non-hydrogen) atoms. The van der Waals surface area contributed by atoms with Crippen LogP contribution in [-0.2, 0) is 4.74 Å². The molecule has 1 saturated heterocycles. The van der Waals surface area contributed by atoms with Crippen LogP contribution >= 0.6 is 11.6 Å². The molecule has 104 valence electrons. The summed E-state index contributed by atoms with van der Waals surface area (Å²) in [6.45, 7) is 1.33. The number of hydrogen-bond donors (Lipinski definition) is 1. The lowest BCUT2D eigenvalue weighted by Crippen LogP contribution is -2.37. The molecule has 2 aromatic carbocycles. The van der Waals surface area contributed by atoms with E-state index in [2.05, 4.69) is 5.32 Å². The van der Waals surface area contributed by atoms with Gasteiger partial charge in [-0.1, -0.05) is 23.7 Å². The standard InChI is InChI=1S/C15H14ClNO3/c16-10-5-3-9(4-6-10)12-13(15(19)14(12)18)17-8-11-2-1-7-20-11/h3-6,11,17H,1-2,7-8H2/t11-/m1/s1. The molecule has 1 aliphatic heterocycles. The molecule has 1 heterocycles. The van der Waals surface area contributed by atoms with Crippen LogP contribution in [0.15, 0.2) is 33.9 Å². The van der Waals surface area contributed by atoms with Gasteiger partial charge in [0.25, 0.3) is 0 Å². The predicted molar refractivity (Wildman–Crippen MR) is 79.3 cm³/mol. The van der Waals surface area contributed by atoms with E-state index in [4.69, 9.17) is 16.3 Å². The summed E-state index contributed by atoms with van der Waals surface area (Å²) in [5.74, 6) is 0. The number of hydrogen-bond acceptors (Lipinski definition) is 4. The minimum absolute atomic E-state index is 0.123. The van der Waals surface area contributed by atoms with Crippen molar-refractivity contribution < 1.29 is 4.74 Å². The summed E-state index contributed by atoms with van der Waals surface area (Å²) in [7, 11) is 0. The van der Waals surface area contributed by atoms with Gasteiger partial charge in [-0.2, -0.15) is 0 Å². The summed E-state index contributed by atoms with van der Waals surface area (Å²) in [5.41, 5.74) is 0.668. The Hall–Kier alpha value is -1.65. The molecule has 1 N–H and O–H groups in total. The fourth-order valence-electron chi connectivity index (χ4n) is 2.47. The molecule has 0 unspecified atom stereocenters. The lowest BCUT2D eigenvalue weighted by atomic mass is 9.98. The van der Waals surface area contributed by atoms with Crippen LogP contribution in [0.1, 0.15) is 12.8 Å². The predicted octanol–water partition coefficient (Wildman–Crippen LogP) is 2.19. The number of benzene rings is 1. The van der Waals surface area contributed by atoms with E-state index in [-0.39, 0.29) is 6.10 Å². The number of nitrogens with one attached hydrogen (secondary N) is 1. The van der Waals surface area contributed by atoms with Crippen molar-refractivity contribution in [2.24, 2.45) is 0 Å². The summed E-state index contributed by atoms with van der Waals surface area (Å²) in [6.07, 6.45) is 2.15. The van der Waals surface area contributed by atoms with Crippen LogP contribution in [0.2, 0.25) is 5.02 Å². The molecule has 1 atom stereocenters. The van der Waals surface area contributed by atoms with Gasteiger partial charge in [0.1, 0.15) is 0 Å². The molecule has 0 saturated carbocycles. The van der Waals surface area contributed by atoms with Gasteiger partial charge in [0.2, 0.25) is 10.9 Å². The van der Waals surface area contributed by atoms with Crippen molar-refractivity contribution in [3.05, 3.63) is 49.7 Å². The first-order valence-corrected chi connectivity index (χ1v) is 6.99. The van der Waals surface area contributed by atoms with Crippen molar-refractivity contribution in [2.45, 2.75) is 18.9 Å². The van der Waals surface area contributed by atoms with E-state index in [0.29, 0.717) is 28.4 Å². The maximum Gasteiger partial charge on any atom is 0.250 e.